The summed E-state index contributed by atoms with van der Waals surface area (Å²) in [4.78, 5) is 37.9. The van der Waals surface area contributed by atoms with E-state index in [2.05, 4.69) is 167 Å². The molecule has 416 valence electrons. The minimum absolute atomic E-state index is 0.0945. The van der Waals surface area contributed by atoms with E-state index in [1.807, 2.05) is 0 Å². The first kappa shape index (κ1) is 69.3. The fourth-order valence-electron chi connectivity index (χ4n) is 7.68. The molecule has 0 aliphatic heterocycles. The van der Waals surface area contributed by atoms with Gasteiger partial charge in [0, 0.05) is 19.3 Å². The van der Waals surface area contributed by atoms with Crippen LogP contribution in [0.4, 0.5) is 0 Å². The van der Waals surface area contributed by atoms with Gasteiger partial charge < -0.3 is 14.2 Å². The lowest BCUT2D eigenvalue weighted by Crippen LogP contribution is -2.30. The second-order valence-corrected chi connectivity index (χ2v) is 19.1. The predicted octanol–water partition coefficient (Wildman–Crippen LogP) is 20.4. The Bertz CT molecular complexity index is 1640. The van der Waals surface area contributed by atoms with Crippen molar-refractivity contribution in [3.63, 3.8) is 0 Å². The second kappa shape index (κ2) is 60.8. The van der Waals surface area contributed by atoms with Gasteiger partial charge in [-0.2, -0.15) is 0 Å². The summed E-state index contributed by atoms with van der Waals surface area (Å²) in [6, 6.07) is 0. The Morgan fingerprint density at radius 3 is 0.824 bits per heavy atom. The third kappa shape index (κ3) is 58.2. The van der Waals surface area contributed by atoms with E-state index < -0.39 is 6.10 Å². The van der Waals surface area contributed by atoms with Gasteiger partial charge in [-0.3, -0.25) is 14.4 Å². The van der Waals surface area contributed by atoms with Crippen molar-refractivity contribution < 1.29 is 28.6 Å². The Morgan fingerprint density at radius 1 is 0.284 bits per heavy atom. The maximum absolute atomic E-state index is 12.8. The van der Waals surface area contributed by atoms with Crippen molar-refractivity contribution in [2.24, 2.45) is 0 Å². The first-order chi connectivity index (χ1) is 36.5. The molecule has 0 bridgehead atoms. The van der Waals surface area contributed by atoms with Crippen molar-refractivity contribution in [2.75, 3.05) is 13.2 Å². The fraction of sp³-hybridized carbons (Fsp3) is 0.603. The number of carbonyl (C=O) groups excluding carboxylic acids is 3. The molecule has 1 atom stereocenters. The lowest BCUT2D eigenvalue weighted by molar-refractivity contribution is -0.167. The van der Waals surface area contributed by atoms with Crippen LogP contribution in [0.5, 0.6) is 0 Å². The van der Waals surface area contributed by atoms with Gasteiger partial charge in [-0.25, -0.2) is 0 Å². The van der Waals surface area contributed by atoms with E-state index in [1.54, 1.807) is 0 Å². The van der Waals surface area contributed by atoms with Crippen molar-refractivity contribution in [2.45, 2.75) is 252 Å². The molecule has 0 rings (SSSR count). The highest BCUT2D eigenvalue weighted by Gasteiger charge is 2.19. The van der Waals surface area contributed by atoms with Crippen molar-refractivity contribution in [3.05, 3.63) is 146 Å². The molecule has 0 fully saturated rings. The first-order valence-electron chi connectivity index (χ1n) is 29.8. The van der Waals surface area contributed by atoms with E-state index in [0.29, 0.717) is 19.3 Å². The van der Waals surface area contributed by atoms with Crippen molar-refractivity contribution in [1.29, 1.82) is 0 Å². The van der Waals surface area contributed by atoms with Gasteiger partial charge in [-0.1, -0.05) is 250 Å². The maximum atomic E-state index is 12.8. The minimum Gasteiger partial charge on any atom is -0.462 e. The number of ether oxygens (including phenoxy) is 3. The molecule has 0 spiro atoms. The third-order valence-electron chi connectivity index (χ3n) is 12.1. The molecule has 0 aliphatic rings. The van der Waals surface area contributed by atoms with E-state index in [9.17, 15) is 14.4 Å². The third-order valence-corrected chi connectivity index (χ3v) is 12.1. The summed E-state index contributed by atoms with van der Waals surface area (Å²) in [5.74, 6) is -0.940. The van der Waals surface area contributed by atoms with Gasteiger partial charge in [0.15, 0.2) is 6.10 Å². The molecular weight excluding hydrogens is 913 g/mol. The van der Waals surface area contributed by atoms with E-state index in [-0.39, 0.29) is 31.1 Å². The van der Waals surface area contributed by atoms with Crippen molar-refractivity contribution in [3.8, 4) is 0 Å². The molecule has 1 unspecified atom stereocenters. The van der Waals surface area contributed by atoms with E-state index in [0.717, 1.165) is 161 Å². The summed E-state index contributed by atoms with van der Waals surface area (Å²) in [6.07, 6.45) is 87.3. The summed E-state index contributed by atoms with van der Waals surface area (Å²) >= 11 is 0. The second-order valence-electron chi connectivity index (χ2n) is 19.1. The van der Waals surface area contributed by atoms with Crippen molar-refractivity contribution in [1.82, 2.24) is 0 Å². The average Bonchev–Trinajstić information content (AvgIpc) is 3.40. The van der Waals surface area contributed by atoms with Gasteiger partial charge in [0.1, 0.15) is 13.2 Å². The zero-order valence-electron chi connectivity index (χ0n) is 47.5. The topological polar surface area (TPSA) is 78.9 Å². The zero-order valence-corrected chi connectivity index (χ0v) is 47.5. The Kier molecular flexibility index (Phi) is 57.0. The van der Waals surface area contributed by atoms with Gasteiger partial charge in [0.25, 0.3) is 0 Å². The number of allylic oxidation sites excluding steroid dienone is 24. The number of hydrogen-bond donors (Lipinski definition) is 0. The minimum atomic E-state index is -0.796. The lowest BCUT2D eigenvalue weighted by atomic mass is 10.1. The molecule has 0 N–H and O–H groups in total. The highest BCUT2D eigenvalue weighted by Crippen LogP contribution is 2.14. The standard InChI is InChI=1S/C68H108O6/c1-4-7-10-13-16-18-20-22-24-26-28-30-31-32-33-34-35-36-37-39-40-42-44-46-48-50-52-55-58-61-67(70)73-64-65(63-72-66(69)60-57-54-15-12-9-6-3)74-68(71)62-59-56-53-51-49-47-45-43-41-38-29-27-25-23-21-19-17-14-11-8-5-2/h7-8,10-11,16-19,22-25,28-30,32-33,35-36,38-40,43,45,65H,4-6,9,12-15,20-21,26-27,31,34,37,41-42,44,46-64H2,1-3H3/b10-7-,11-8-,18-16-,19-17-,24-22-,25-23-,30-28-,33-32-,36-35-,38-29-,40-39-,45-43-. The summed E-state index contributed by atoms with van der Waals surface area (Å²) in [5.41, 5.74) is 0. The van der Waals surface area contributed by atoms with Gasteiger partial charge in [0.2, 0.25) is 0 Å². The SMILES string of the molecule is CC/C=C\C/C=C\C/C=C\C/C=C\C/C=C\C/C=C\C/C=C\CCCCCCCCCC(=O)OCC(COC(=O)CCCCCCCC)OC(=O)CCCCCCC/C=C\C/C=C\C/C=C\C/C=C\C/C=C\CC. The molecule has 6 nitrogen and oxygen atoms in total. The van der Waals surface area contributed by atoms with Crippen LogP contribution in [0.2, 0.25) is 0 Å². The Labute approximate surface area is 455 Å². The van der Waals surface area contributed by atoms with Crippen LogP contribution in [0.15, 0.2) is 146 Å². The summed E-state index contributed by atoms with van der Waals surface area (Å²) in [7, 11) is 0. The average molecular weight is 1020 g/mol. The van der Waals surface area contributed by atoms with Crippen LogP contribution in [0.1, 0.15) is 245 Å². The number of esters is 3. The van der Waals surface area contributed by atoms with E-state index >= 15 is 0 Å². The van der Waals surface area contributed by atoms with Crippen LogP contribution < -0.4 is 0 Å². The highest BCUT2D eigenvalue weighted by molar-refractivity contribution is 5.71. The Hall–Kier alpha value is -4.71. The quantitative estimate of drug-likeness (QED) is 0.0261. The predicted molar refractivity (Wildman–Crippen MR) is 320 cm³/mol. The van der Waals surface area contributed by atoms with Gasteiger partial charge in [-0.15, -0.1) is 0 Å². The summed E-state index contributed by atoms with van der Waals surface area (Å²) in [5, 5.41) is 0. The molecular formula is C68H108O6. The monoisotopic (exact) mass is 1020 g/mol. The molecule has 0 aromatic carbocycles. The van der Waals surface area contributed by atoms with Crippen LogP contribution in [-0.4, -0.2) is 37.2 Å². The van der Waals surface area contributed by atoms with Crippen LogP contribution in [-0.2, 0) is 28.6 Å². The van der Waals surface area contributed by atoms with Crippen LogP contribution in [0.25, 0.3) is 0 Å². The number of hydrogen-bond acceptors (Lipinski definition) is 6. The summed E-state index contributed by atoms with van der Waals surface area (Å²) in [6.45, 7) is 6.31. The smallest absolute Gasteiger partial charge is 0.306 e. The van der Waals surface area contributed by atoms with Gasteiger partial charge in [0.05, 0.1) is 0 Å². The molecule has 0 saturated carbocycles. The zero-order chi connectivity index (χ0) is 53.6. The van der Waals surface area contributed by atoms with Crippen molar-refractivity contribution >= 4 is 17.9 Å². The molecule has 0 aliphatic carbocycles. The molecule has 0 aromatic rings. The van der Waals surface area contributed by atoms with E-state index in [1.165, 1.54) is 44.9 Å². The van der Waals surface area contributed by atoms with Crippen LogP contribution in [0.3, 0.4) is 0 Å². The van der Waals surface area contributed by atoms with Crippen LogP contribution in [0, 0.1) is 0 Å². The maximum Gasteiger partial charge on any atom is 0.306 e. The fourth-order valence-corrected chi connectivity index (χ4v) is 7.68. The number of unbranched alkanes of at least 4 members (excludes halogenated alkanes) is 17. The molecule has 0 saturated heterocycles. The van der Waals surface area contributed by atoms with Gasteiger partial charge >= 0.3 is 17.9 Å². The molecule has 6 heteroatoms. The largest absolute Gasteiger partial charge is 0.462 e. The highest BCUT2D eigenvalue weighted by atomic mass is 16.6. The lowest BCUT2D eigenvalue weighted by Gasteiger charge is -2.18. The Balaban J connectivity index is 4.22. The number of carbonyl (C=O) groups is 3. The molecule has 0 aromatic heterocycles. The molecule has 0 heterocycles. The molecule has 74 heavy (non-hydrogen) atoms. The molecule has 0 amide bonds. The molecule has 0 radical (unpaired) electrons. The number of rotatable bonds is 52. The van der Waals surface area contributed by atoms with Gasteiger partial charge in [-0.05, 0) is 122 Å². The normalized spacial score (nSPS) is 13.2. The van der Waals surface area contributed by atoms with Crippen LogP contribution >= 0.6 is 0 Å². The Morgan fingerprint density at radius 2 is 0.527 bits per heavy atom. The van der Waals surface area contributed by atoms with E-state index in [4.69, 9.17) is 14.2 Å². The first-order valence-corrected chi connectivity index (χ1v) is 29.8. The summed E-state index contributed by atoms with van der Waals surface area (Å²) < 4.78 is 16.7.